The Labute approximate surface area is 102 Å². The third kappa shape index (κ3) is 3.29. The first-order valence-electron chi connectivity index (χ1n) is 5.37. The monoisotopic (exact) mass is 242 g/mol. The van der Waals surface area contributed by atoms with Crippen LogP contribution in [0.3, 0.4) is 0 Å². The van der Waals surface area contributed by atoms with Gasteiger partial charge in [-0.15, -0.1) is 0 Å². The number of rotatable bonds is 4. The minimum atomic E-state index is -0.708. The van der Waals surface area contributed by atoms with Gasteiger partial charge in [-0.05, 0) is 38.0 Å². The molecule has 1 aromatic carbocycles. The van der Waals surface area contributed by atoms with E-state index in [0.717, 1.165) is 11.3 Å². The van der Waals surface area contributed by atoms with E-state index in [1.54, 1.807) is 13.0 Å². The van der Waals surface area contributed by atoms with E-state index in [-0.39, 0.29) is 0 Å². The highest BCUT2D eigenvalue weighted by Crippen LogP contribution is 2.27. The number of anilines is 2. The lowest BCUT2D eigenvalue weighted by molar-refractivity contribution is 0.0697. The average molecular weight is 243 g/mol. The van der Waals surface area contributed by atoms with Crippen LogP contribution < -0.4 is 11.1 Å². The zero-order valence-electron chi connectivity index (χ0n) is 9.97. The molecule has 0 heterocycles. The van der Waals surface area contributed by atoms with E-state index < -0.39 is 5.60 Å². The largest absolute Gasteiger partial charge is 0.398 e. The van der Waals surface area contributed by atoms with Crippen LogP contribution >= 0.6 is 11.6 Å². The summed E-state index contributed by atoms with van der Waals surface area (Å²) in [5.74, 6) is 0. The summed E-state index contributed by atoms with van der Waals surface area (Å²) < 4.78 is 0. The molecule has 0 aliphatic carbocycles. The summed E-state index contributed by atoms with van der Waals surface area (Å²) in [6.07, 6.45) is 0.696. The number of hydrogen-bond donors (Lipinski definition) is 3. The second kappa shape index (κ2) is 4.93. The highest BCUT2D eigenvalue weighted by molar-refractivity contribution is 6.33. The van der Waals surface area contributed by atoms with Gasteiger partial charge in [0.05, 0.1) is 16.3 Å². The number of aryl methyl sites for hydroxylation is 1. The summed E-state index contributed by atoms with van der Waals surface area (Å²) >= 11 is 5.94. The van der Waals surface area contributed by atoms with Crippen LogP contribution in [0.15, 0.2) is 12.1 Å². The number of nitrogens with two attached hydrogens (primary N) is 1. The molecular formula is C12H19ClN2O. The molecule has 3 nitrogen and oxygen atoms in total. The first kappa shape index (κ1) is 13.1. The van der Waals surface area contributed by atoms with Crippen LogP contribution in [0.4, 0.5) is 11.4 Å². The maximum Gasteiger partial charge on any atom is 0.0788 e. The van der Waals surface area contributed by atoms with Gasteiger partial charge in [-0.3, -0.25) is 0 Å². The summed E-state index contributed by atoms with van der Waals surface area (Å²) in [6, 6.07) is 3.61. The van der Waals surface area contributed by atoms with Crippen molar-refractivity contribution in [3.05, 3.63) is 22.7 Å². The van der Waals surface area contributed by atoms with Gasteiger partial charge in [0.15, 0.2) is 0 Å². The Morgan fingerprint density at radius 2 is 2.12 bits per heavy atom. The van der Waals surface area contributed by atoms with Gasteiger partial charge >= 0.3 is 0 Å². The summed E-state index contributed by atoms with van der Waals surface area (Å²) in [5, 5.41) is 13.6. The van der Waals surface area contributed by atoms with Crippen molar-refractivity contribution in [3.63, 3.8) is 0 Å². The van der Waals surface area contributed by atoms with Crippen LogP contribution in [0.5, 0.6) is 0 Å². The van der Waals surface area contributed by atoms with Crippen molar-refractivity contribution in [1.29, 1.82) is 0 Å². The lowest BCUT2D eigenvalue weighted by Crippen LogP contribution is -2.32. The summed E-state index contributed by atoms with van der Waals surface area (Å²) in [7, 11) is 0. The molecule has 0 saturated heterocycles. The van der Waals surface area contributed by atoms with Crippen LogP contribution in [0.25, 0.3) is 0 Å². The van der Waals surface area contributed by atoms with Crippen LogP contribution in [-0.2, 0) is 0 Å². The fraction of sp³-hybridized carbons (Fsp3) is 0.500. The molecule has 90 valence electrons. The summed E-state index contributed by atoms with van der Waals surface area (Å²) in [5.41, 5.74) is 7.49. The van der Waals surface area contributed by atoms with Crippen molar-refractivity contribution in [2.24, 2.45) is 0 Å². The molecule has 1 atom stereocenters. The van der Waals surface area contributed by atoms with Gasteiger partial charge in [-0.25, -0.2) is 0 Å². The fourth-order valence-corrected chi connectivity index (χ4v) is 1.47. The first-order valence-corrected chi connectivity index (χ1v) is 5.75. The Morgan fingerprint density at radius 1 is 1.50 bits per heavy atom. The molecule has 16 heavy (non-hydrogen) atoms. The zero-order valence-corrected chi connectivity index (χ0v) is 10.7. The maximum absolute atomic E-state index is 9.88. The molecule has 0 aliphatic rings. The fourth-order valence-electron chi connectivity index (χ4n) is 1.30. The second-order valence-electron chi connectivity index (χ2n) is 4.39. The van der Waals surface area contributed by atoms with E-state index in [1.807, 2.05) is 19.9 Å². The van der Waals surface area contributed by atoms with Gasteiger partial charge in [-0.2, -0.15) is 0 Å². The minimum Gasteiger partial charge on any atom is -0.398 e. The van der Waals surface area contributed by atoms with Crippen molar-refractivity contribution in [2.45, 2.75) is 32.8 Å². The number of benzene rings is 1. The van der Waals surface area contributed by atoms with Gasteiger partial charge in [0.1, 0.15) is 0 Å². The van der Waals surface area contributed by atoms with E-state index in [9.17, 15) is 5.11 Å². The zero-order chi connectivity index (χ0) is 12.3. The normalized spacial score (nSPS) is 14.6. The van der Waals surface area contributed by atoms with Crippen molar-refractivity contribution >= 4 is 23.0 Å². The van der Waals surface area contributed by atoms with Crippen molar-refractivity contribution in [2.75, 3.05) is 17.6 Å². The number of nitrogen functional groups attached to an aromatic ring is 1. The number of hydrogen-bond acceptors (Lipinski definition) is 3. The van der Waals surface area contributed by atoms with E-state index in [2.05, 4.69) is 5.32 Å². The number of nitrogens with one attached hydrogen (secondary N) is 1. The Balaban J connectivity index is 2.79. The van der Waals surface area contributed by atoms with Crippen LogP contribution in [0.1, 0.15) is 25.8 Å². The standard InChI is InChI=1S/C12H19ClN2O/c1-4-12(3,16)7-15-11-6-9(13)10(14)5-8(11)2/h5-6,15-16H,4,7,14H2,1-3H3. The molecular weight excluding hydrogens is 224 g/mol. The molecule has 4 N–H and O–H groups in total. The van der Waals surface area contributed by atoms with Crippen LogP contribution in [-0.4, -0.2) is 17.3 Å². The van der Waals surface area contributed by atoms with Crippen LogP contribution in [0.2, 0.25) is 5.02 Å². The highest BCUT2D eigenvalue weighted by Gasteiger charge is 2.17. The topological polar surface area (TPSA) is 58.3 Å². The van der Waals surface area contributed by atoms with Gasteiger partial charge in [0.25, 0.3) is 0 Å². The van der Waals surface area contributed by atoms with Crippen molar-refractivity contribution in [3.8, 4) is 0 Å². The lowest BCUT2D eigenvalue weighted by Gasteiger charge is -2.23. The van der Waals surface area contributed by atoms with Gasteiger partial charge in [0.2, 0.25) is 0 Å². The van der Waals surface area contributed by atoms with Gasteiger partial charge in [0, 0.05) is 12.2 Å². The summed E-state index contributed by atoms with van der Waals surface area (Å²) in [4.78, 5) is 0. The third-order valence-electron chi connectivity index (χ3n) is 2.77. The molecule has 1 aromatic rings. The van der Waals surface area contributed by atoms with E-state index in [0.29, 0.717) is 23.7 Å². The number of aliphatic hydroxyl groups is 1. The smallest absolute Gasteiger partial charge is 0.0788 e. The third-order valence-corrected chi connectivity index (χ3v) is 3.09. The molecule has 0 aromatic heterocycles. The van der Waals surface area contributed by atoms with Gasteiger partial charge < -0.3 is 16.2 Å². The Morgan fingerprint density at radius 3 is 2.69 bits per heavy atom. The predicted molar refractivity (Wildman–Crippen MR) is 70.0 cm³/mol. The molecule has 0 fully saturated rings. The quantitative estimate of drug-likeness (QED) is 0.712. The first-order chi connectivity index (χ1) is 7.35. The molecule has 0 saturated carbocycles. The van der Waals surface area contributed by atoms with E-state index in [1.165, 1.54) is 0 Å². The molecule has 0 amide bonds. The SMILES string of the molecule is CCC(C)(O)CNc1cc(Cl)c(N)cc1C. The average Bonchev–Trinajstić information content (AvgIpc) is 2.22. The molecule has 0 bridgehead atoms. The molecule has 0 spiro atoms. The molecule has 1 rings (SSSR count). The predicted octanol–water partition coefficient (Wildman–Crippen LogP) is 2.80. The maximum atomic E-state index is 9.88. The van der Waals surface area contributed by atoms with Crippen molar-refractivity contribution < 1.29 is 5.11 Å². The van der Waals surface area contributed by atoms with Gasteiger partial charge in [-0.1, -0.05) is 18.5 Å². The van der Waals surface area contributed by atoms with Crippen molar-refractivity contribution in [1.82, 2.24) is 0 Å². The molecule has 1 unspecified atom stereocenters. The molecule has 4 heteroatoms. The minimum absolute atomic E-state index is 0.491. The van der Waals surface area contributed by atoms with E-state index >= 15 is 0 Å². The Hall–Kier alpha value is -0.930. The molecule has 0 aliphatic heterocycles. The summed E-state index contributed by atoms with van der Waals surface area (Å²) in [6.45, 7) is 6.19. The molecule has 0 radical (unpaired) electrons. The highest BCUT2D eigenvalue weighted by atomic mass is 35.5. The van der Waals surface area contributed by atoms with E-state index in [4.69, 9.17) is 17.3 Å². The lowest BCUT2D eigenvalue weighted by atomic mass is 10.0. The Kier molecular flexibility index (Phi) is 4.05. The Bertz CT molecular complexity index is 378. The number of halogens is 1. The second-order valence-corrected chi connectivity index (χ2v) is 4.80. The van der Waals surface area contributed by atoms with Crippen LogP contribution in [0, 0.1) is 6.92 Å².